The third-order valence-corrected chi connectivity index (χ3v) is 2.17. The van der Waals surface area contributed by atoms with Gasteiger partial charge in [-0.1, -0.05) is 0 Å². The van der Waals surface area contributed by atoms with Gasteiger partial charge in [0, 0.05) is 12.1 Å². The number of hydrogen-bond acceptors (Lipinski definition) is 4. The Morgan fingerprint density at radius 2 is 2.11 bits per heavy atom. The smallest absolute Gasteiger partial charge is 0.324 e. The number of carbonyl (C=O) groups excluding carboxylic acids is 1. The van der Waals surface area contributed by atoms with Crippen molar-refractivity contribution in [3.8, 4) is 0 Å². The van der Waals surface area contributed by atoms with Crippen LogP contribution in [0, 0.1) is 10.1 Å². The minimum Gasteiger partial charge on any atom is -0.324 e. The Hall–Kier alpha value is -2.65. The third kappa shape index (κ3) is 2.61. The van der Waals surface area contributed by atoms with Crippen LogP contribution in [-0.2, 0) is 4.79 Å². The monoisotopic (exact) mass is 274 g/mol. The highest BCUT2D eigenvalue weighted by atomic mass is 19.4. The van der Waals surface area contributed by atoms with E-state index in [1.165, 1.54) is 11.4 Å². The lowest BCUT2D eigenvalue weighted by Crippen LogP contribution is -2.30. The zero-order valence-electron chi connectivity index (χ0n) is 8.99. The number of non-ortho nitro benzene ring substituents is 1. The maximum atomic E-state index is 12.0. The predicted octanol–water partition coefficient (Wildman–Crippen LogP) is 1.97. The lowest BCUT2D eigenvalue weighted by atomic mass is 10.3. The minimum absolute atomic E-state index is 0.0756. The quantitative estimate of drug-likeness (QED) is 0.645. The van der Waals surface area contributed by atoms with Gasteiger partial charge in [-0.25, -0.2) is 4.98 Å². The van der Waals surface area contributed by atoms with E-state index < -0.39 is 23.0 Å². The van der Waals surface area contributed by atoms with E-state index in [-0.39, 0.29) is 16.7 Å². The number of aromatic nitrogens is 2. The molecule has 0 saturated heterocycles. The fourth-order valence-corrected chi connectivity index (χ4v) is 1.35. The number of nitrogens with zero attached hydrogens (tertiary/aromatic N) is 2. The first-order chi connectivity index (χ1) is 8.77. The Morgan fingerprint density at radius 1 is 1.42 bits per heavy atom. The SMILES string of the molecule is O=C(Nc1nc2cc([N+](=O)[O-])ccc2[nH]1)C(F)(F)F. The van der Waals surface area contributed by atoms with Crippen molar-refractivity contribution in [2.75, 3.05) is 5.32 Å². The lowest BCUT2D eigenvalue weighted by molar-refractivity contribution is -0.384. The number of hydrogen-bond donors (Lipinski definition) is 2. The molecule has 1 aromatic carbocycles. The van der Waals surface area contributed by atoms with Crippen LogP contribution in [0.2, 0.25) is 0 Å². The van der Waals surface area contributed by atoms with Crippen LogP contribution in [0.1, 0.15) is 0 Å². The van der Waals surface area contributed by atoms with Crippen molar-refractivity contribution in [1.82, 2.24) is 9.97 Å². The molecule has 2 aromatic rings. The van der Waals surface area contributed by atoms with Gasteiger partial charge >= 0.3 is 12.1 Å². The molecule has 1 aromatic heterocycles. The largest absolute Gasteiger partial charge is 0.471 e. The number of benzene rings is 1. The number of halogens is 3. The number of anilines is 1. The molecule has 0 saturated carbocycles. The van der Waals surface area contributed by atoms with Gasteiger partial charge in [-0.05, 0) is 6.07 Å². The van der Waals surface area contributed by atoms with Gasteiger partial charge in [-0.2, -0.15) is 13.2 Å². The van der Waals surface area contributed by atoms with E-state index in [1.54, 1.807) is 0 Å². The summed E-state index contributed by atoms with van der Waals surface area (Å²) in [5, 5.41) is 12.0. The lowest BCUT2D eigenvalue weighted by Gasteiger charge is -2.04. The van der Waals surface area contributed by atoms with Gasteiger partial charge < -0.3 is 4.98 Å². The molecular weight excluding hydrogens is 269 g/mol. The summed E-state index contributed by atoms with van der Waals surface area (Å²) in [6.45, 7) is 0. The van der Waals surface area contributed by atoms with Crippen LogP contribution >= 0.6 is 0 Å². The normalized spacial score (nSPS) is 11.5. The van der Waals surface area contributed by atoms with Gasteiger partial charge in [0.25, 0.3) is 5.69 Å². The average molecular weight is 274 g/mol. The van der Waals surface area contributed by atoms with Crippen LogP contribution in [-0.4, -0.2) is 27.0 Å². The van der Waals surface area contributed by atoms with Crippen molar-refractivity contribution in [3.63, 3.8) is 0 Å². The molecule has 7 nitrogen and oxygen atoms in total. The number of nitro groups is 1. The van der Waals surface area contributed by atoms with Crippen LogP contribution in [0.15, 0.2) is 18.2 Å². The number of alkyl halides is 3. The molecule has 0 aliphatic carbocycles. The maximum absolute atomic E-state index is 12.0. The van der Waals surface area contributed by atoms with Gasteiger partial charge in [0.05, 0.1) is 16.0 Å². The molecule has 0 fully saturated rings. The molecule has 2 N–H and O–H groups in total. The molecule has 0 radical (unpaired) electrons. The van der Waals surface area contributed by atoms with Crippen molar-refractivity contribution in [2.45, 2.75) is 6.18 Å². The highest BCUT2D eigenvalue weighted by Crippen LogP contribution is 2.22. The molecule has 19 heavy (non-hydrogen) atoms. The molecule has 0 spiro atoms. The van der Waals surface area contributed by atoms with Crippen molar-refractivity contribution < 1.29 is 22.9 Å². The third-order valence-electron chi connectivity index (χ3n) is 2.17. The fraction of sp³-hybridized carbons (Fsp3) is 0.111. The van der Waals surface area contributed by atoms with Gasteiger partial charge in [0.1, 0.15) is 0 Å². The molecule has 0 bridgehead atoms. The zero-order chi connectivity index (χ0) is 14.2. The second kappa shape index (κ2) is 4.23. The van der Waals surface area contributed by atoms with E-state index in [0.29, 0.717) is 0 Å². The first-order valence-corrected chi connectivity index (χ1v) is 4.80. The summed E-state index contributed by atoms with van der Waals surface area (Å²) >= 11 is 0. The Kier molecular flexibility index (Phi) is 2.85. The fourth-order valence-electron chi connectivity index (χ4n) is 1.35. The summed E-state index contributed by atoms with van der Waals surface area (Å²) in [5.74, 6) is -2.61. The summed E-state index contributed by atoms with van der Waals surface area (Å²) in [7, 11) is 0. The van der Waals surface area contributed by atoms with E-state index in [1.807, 2.05) is 0 Å². The van der Waals surface area contributed by atoms with Crippen molar-refractivity contribution in [1.29, 1.82) is 0 Å². The zero-order valence-corrected chi connectivity index (χ0v) is 8.99. The van der Waals surface area contributed by atoms with Crippen molar-refractivity contribution in [3.05, 3.63) is 28.3 Å². The Bertz CT molecular complexity index is 664. The Labute approximate surface area is 102 Å². The molecule has 1 heterocycles. The second-order valence-corrected chi connectivity index (χ2v) is 3.50. The number of nitrogens with one attached hydrogen (secondary N) is 2. The van der Waals surface area contributed by atoms with E-state index in [2.05, 4.69) is 9.97 Å². The first-order valence-electron chi connectivity index (χ1n) is 4.80. The number of H-pyrrole nitrogens is 1. The number of rotatable bonds is 2. The van der Waals surface area contributed by atoms with E-state index >= 15 is 0 Å². The second-order valence-electron chi connectivity index (χ2n) is 3.50. The number of fused-ring (bicyclic) bond motifs is 1. The van der Waals surface area contributed by atoms with E-state index in [4.69, 9.17) is 0 Å². The Balaban J connectivity index is 2.32. The van der Waals surface area contributed by atoms with Gasteiger partial charge in [0.15, 0.2) is 0 Å². The summed E-state index contributed by atoms with van der Waals surface area (Å²) in [6.07, 6.45) is -5.04. The van der Waals surface area contributed by atoms with E-state index in [0.717, 1.165) is 12.1 Å². The Morgan fingerprint density at radius 3 is 2.68 bits per heavy atom. The molecule has 1 amide bonds. The highest BCUT2D eigenvalue weighted by molar-refractivity contribution is 5.95. The van der Waals surface area contributed by atoms with E-state index in [9.17, 15) is 28.1 Å². The first kappa shape index (κ1) is 12.8. The van der Waals surface area contributed by atoms with Crippen molar-refractivity contribution in [2.24, 2.45) is 0 Å². The summed E-state index contributed by atoms with van der Waals surface area (Å²) in [4.78, 5) is 26.5. The van der Waals surface area contributed by atoms with Crippen molar-refractivity contribution >= 4 is 28.6 Å². The summed E-state index contributed by atoms with van der Waals surface area (Å²) < 4.78 is 36.1. The standard InChI is InChI=1S/C9H5F3N4O3/c10-9(11,12)7(17)15-8-13-5-2-1-4(16(18)19)3-6(5)14-8/h1-3H,(H2,13,14,15,17). The minimum atomic E-state index is -5.04. The summed E-state index contributed by atoms with van der Waals surface area (Å²) in [6, 6.07) is 3.52. The molecule has 0 aliphatic rings. The van der Waals surface area contributed by atoms with Gasteiger partial charge in [-0.15, -0.1) is 0 Å². The summed E-state index contributed by atoms with van der Waals surface area (Å²) in [5.41, 5.74) is 0.0856. The molecular formula is C9H5F3N4O3. The van der Waals surface area contributed by atoms with Gasteiger partial charge in [-0.3, -0.25) is 20.2 Å². The molecule has 0 unspecified atom stereocenters. The topological polar surface area (TPSA) is 101 Å². The van der Waals surface area contributed by atoms with Crippen LogP contribution in [0.3, 0.4) is 0 Å². The highest BCUT2D eigenvalue weighted by Gasteiger charge is 2.39. The van der Waals surface area contributed by atoms with Crippen LogP contribution in [0.4, 0.5) is 24.8 Å². The number of carbonyl (C=O) groups is 1. The molecule has 2 rings (SSSR count). The number of aromatic amines is 1. The number of amides is 1. The molecule has 100 valence electrons. The molecule has 0 aliphatic heterocycles. The van der Waals surface area contributed by atoms with Crippen LogP contribution in [0.25, 0.3) is 11.0 Å². The molecule has 0 atom stereocenters. The van der Waals surface area contributed by atoms with Crippen LogP contribution < -0.4 is 5.32 Å². The average Bonchev–Trinajstić information content (AvgIpc) is 2.68. The van der Waals surface area contributed by atoms with Crippen LogP contribution in [0.5, 0.6) is 0 Å². The number of imidazole rings is 1. The maximum Gasteiger partial charge on any atom is 0.471 e. The predicted molar refractivity (Wildman–Crippen MR) is 57.4 cm³/mol. The van der Waals surface area contributed by atoms with Gasteiger partial charge in [0.2, 0.25) is 5.95 Å². The number of nitro benzene ring substituents is 1. The molecule has 10 heteroatoms.